The molecule has 1 heterocycles. The van der Waals surface area contributed by atoms with Gasteiger partial charge in [0, 0.05) is 38.5 Å². The van der Waals surface area contributed by atoms with Gasteiger partial charge in [-0.3, -0.25) is 14.5 Å². The Labute approximate surface area is 205 Å². The lowest BCUT2D eigenvalue weighted by Gasteiger charge is -2.20. The smallest absolute Gasteiger partial charge is 0.407 e. The number of carbonyl (C=O) groups is 3. The van der Waals surface area contributed by atoms with Gasteiger partial charge < -0.3 is 20.5 Å². The van der Waals surface area contributed by atoms with E-state index in [1.165, 1.54) is 0 Å². The lowest BCUT2D eigenvalue weighted by atomic mass is 9.98. The van der Waals surface area contributed by atoms with Crippen LogP contribution in [-0.4, -0.2) is 66.8 Å². The number of rotatable bonds is 11. The van der Waals surface area contributed by atoms with Crippen molar-refractivity contribution in [3.63, 3.8) is 0 Å². The van der Waals surface area contributed by atoms with Gasteiger partial charge >= 0.3 is 12.1 Å². The zero-order valence-electron chi connectivity index (χ0n) is 19.6. The minimum Gasteiger partial charge on any atom is -0.481 e. The SMILES string of the molecule is O=C(O)CCC(NC(=O)OCC1c2ccccc2-c2ccccc21)C(=O)NCCCN1CC=CC1. The van der Waals surface area contributed by atoms with Gasteiger partial charge in [0.15, 0.2) is 0 Å². The van der Waals surface area contributed by atoms with Crippen LogP contribution in [0.2, 0.25) is 0 Å². The summed E-state index contributed by atoms with van der Waals surface area (Å²) < 4.78 is 5.53. The Bertz CT molecular complexity index is 1050. The van der Waals surface area contributed by atoms with Crippen LogP contribution in [0.25, 0.3) is 11.1 Å². The molecule has 2 aliphatic rings. The monoisotopic (exact) mass is 477 g/mol. The molecule has 0 saturated carbocycles. The first-order chi connectivity index (χ1) is 17.0. The molecule has 4 rings (SSSR count). The lowest BCUT2D eigenvalue weighted by molar-refractivity contribution is -0.137. The zero-order valence-corrected chi connectivity index (χ0v) is 19.6. The molecule has 0 saturated heterocycles. The van der Waals surface area contributed by atoms with E-state index in [0.717, 1.165) is 48.3 Å². The van der Waals surface area contributed by atoms with Crippen LogP contribution in [0.3, 0.4) is 0 Å². The van der Waals surface area contributed by atoms with E-state index in [1.807, 2.05) is 36.4 Å². The van der Waals surface area contributed by atoms with Crippen LogP contribution in [0, 0.1) is 0 Å². The Morgan fingerprint density at radius 3 is 2.26 bits per heavy atom. The summed E-state index contributed by atoms with van der Waals surface area (Å²) in [6.45, 7) is 3.26. The molecule has 0 radical (unpaired) electrons. The number of hydrogen-bond donors (Lipinski definition) is 3. The molecule has 0 aromatic heterocycles. The van der Waals surface area contributed by atoms with E-state index in [4.69, 9.17) is 9.84 Å². The number of carbonyl (C=O) groups excluding carboxylic acids is 2. The molecule has 3 N–H and O–H groups in total. The van der Waals surface area contributed by atoms with Gasteiger partial charge in [-0.05, 0) is 35.1 Å². The number of benzene rings is 2. The Morgan fingerprint density at radius 1 is 1.00 bits per heavy atom. The standard InChI is InChI=1S/C27H31N3O5/c31-25(32)13-12-24(26(33)28-14-7-17-30-15-5-6-16-30)29-27(34)35-18-23-21-10-3-1-8-19(21)20-9-2-4-11-22(20)23/h1-6,8-11,23-24H,7,12-18H2,(H,28,33)(H,29,34)(H,31,32). The topological polar surface area (TPSA) is 108 Å². The number of nitrogens with zero attached hydrogens (tertiary/aromatic N) is 1. The number of fused-ring (bicyclic) bond motifs is 3. The summed E-state index contributed by atoms with van der Waals surface area (Å²) in [4.78, 5) is 38.6. The maximum atomic E-state index is 12.7. The van der Waals surface area contributed by atoms with Crippen molar-refractivity contribution in [2.24, 2.45) is 0 Å². The molecule has 0 fully saturated rings. The van der Waals surface area contributed by atoms with Gasteiger partial charge in [0.05, 0.1) is 0 Å². The van der Waals surface area contributed by atoms with Gasteiger partial charge in [0.1, 0.15) is 12.6 Å². The first kappa shape index (κ1) is 24.5. The molecular formula is C27H31N3O5. The predicted octanol–water partition coefficient (Wildman–Crippen LogP) is 3.14. The van der Waals surface area contributed by atoms with Crippen molar-refractivity contribution >= 4 is 18.0 Å². The van der Waals surface area contributed by atoms with E-state index in [0.29, 0.717) is 6.54 Å². The number of carboxylic acid groups (broad SMARTS) is 1. The minimum atomic E-state index is -1.03. The predicted molar refractivity (Wildman–Crippen MR) is 132 cm³/mol. The van der Waals surface area contributed by atoms with E-state index in [9.17, 15) is 14.4 Å². The largest absolute Gasteiger partial charge is 0.481 e. The summed E-state index contributed by atoms with van der Waals surface area (Å²) in [7, 11) is 0. The number of amides is 2. The van der Waals surface area contributed by atoms with Crippen molar-refractivity contribution in [2.45, 2.75) is 31.2 Å². The molecule has 1 aliphatic heterocycles. The molecule has 8 nitrogen and oxygen atoms in total. The van der Waals surface area contributed by atoms with Crippen LogP contribution >= 0.6 is 0 Å². The molecule has 0 bridgehead atoms. The van der Waals surface area contributed by atoms with Gasteiger partial charge in [0.2, 0.25) is 5.91 Å². The Morgan fingerprint density at radius 2 is 1.63 bits per heavy atom. The van der Waals surface area contributed by atoms with Gasteiger partial charge in [-0.25, -0.2) is 4.79 Å². The third kappa shape index (κ3) is 6.27. The Hall–Kier alpha value is -3.65. The molecule has 0 spiro atoms. The summed E-state index contributed by atoms with van der Waals surface area (Å²) in [6, 6.07) is 15.1. The zero-order chi connectivity index (χ0) is 24.6. The highest BCUT2D eigenvalue weighted by atomic mass is 16.5. The minimum absolute atomic E-state index is 0.0125. The second kappa shape index (κ2) is 11.7. The Balaban J connectivity index is 1.31. The van der Waals surface area contributed by atoms with E-state index in [-0.39, 0.29) is 25.4 Å². The van der Waals surface area contributed by atoms with E-state index in [2.05, 4.69) is 39.8 Å². The normalized spacial score (nSPS) is 15.3. The van der Waals surface area contributed by atoms with Crippen molar-refractivity contribution in [3.8, 4) is 11.1 Å². The van der Waals surface area contributed by atoms with Crippen LogP contribution in [-0.2, 0) is 14.3 Å². The molecule has 8 heteroatoms. The van der Waals surface area contributed by atoms with Crippen molar-refractivity contribution in [1.82, 2.24) is 15.5 Å². The molecular weight excluding hydrogens is 446 g/mol. The second-order valence-electron chi connectivity index (χ2n) is 8.83. The van der Waals surface area contributed by atoms with Crippen molar-refractivity contribution in [2.75, 3.05) is 32.8 Å². The third-order valence-corrected chi connectivity index (χ3v) is 6.44. The highest BCUT2D eigenvalue weighted by molar-refractivity contribution is 5.86. The fourth-order valence-electron chi connectivity index (χ4n) is 4.66. The summed E-state index contributed by atoms with van der Waals surface area (Å²) in [5, 5.41) is 14.4. The van der Waals surface area contributed by atoms with E-state index in [1.54, 1.807) is 0 Å². The maximum Gasteiger partial charge on any atom is 0.407 e. The summed E-state index contributed by atoms with van der Waals surface area (Å²) >= 11 is 0. The van der Waals surface area contributed by atoms with Crippen LogP contribution in [0.15, 0.2) is 60.7 Å². The van der Waals surface area contributed by atoms with E-state index < -0.39 is 24.0 Å². The number of ether oxygens (including phenoxy) is 1. The quantitative estimate of drug-likeness (QED) is 0.339. The molecule has 2 aromatic rings. The number of hydrogen-bond acceptors (Lipinski definition) is 5. The second-order valence-corrected chi connectivity index (χ2v) is 8.83. The molecule has 184 valence electrons. The fraction of sp³-hybridized carbons (Fsp3) is 0.370. The summed E-state index contributed by atoms with van der Waals surface area (Å²) in [5.41, 5.74) is 4.44. The van der Waals surface area contributed by atoms with Crippen LogP contribution in [0.1, 0.15) is 36.3 Å². The fourth-order valence-corrected chi connectivity index (χ4v) is 4.66. The summed E-state index contributed by atoms with van der Waals surface area (Å²) in [6.07, 6.45) is 4.00. The maximum absolute atomic E-state index is 12.7. The Kier molecular flexibility index (Phi) is 8.15. The molecule has 2 aromatic carbocycles. The molecule has 1 aliphatic carbocycles. The van der Waals surface area contributed by atoms with Crippen LogP contribution < -0.4 is 10.6 Å². The highest BCUT2D eigenvalue weighted by Gasteiger charge is 2.30. The molecule has 1 unspecified atom stereocenters. The summed E-state index contributed by atoms with van der Waals surface area (Å²) in [5.74, 6) is -1.53. The van der Waals surface area contributed by atoms with Crippen LogP contribution in [0.4, 0.5) is 4.79 Å². The van der Waals surface area contributed by atoms with Gasteiger partial charge in [-0.1, -0.05) is 60.7 Å². The number of nitrogens with one attached hydrogen (secondary N) is 2. The van der Waals surface area contributed by atoms with Crippen molar-refractivity contribution < 1.29 is 24.2 Å². The lowest BCUT2D eigenvalue weighted by Crippen LogP contribution is -2.47. The number of carboxylic acids is 1. The first-order valence-electron chi connectivity index (χ1n) is 12.0. The van der Waals surface area contributed by atoms with Gasteiger partial charge in [0.25, 0.3) is 0 Å². The first-order valence-corrected chi connectivity index (χ1v) is 12.0. The average Bonchev–Trinajstić information content (AvgIpc) is 3.49. The highest BCUT2D eigenvalue weighted by Crippen LogP contribution is 2.44. The van der Waals surface area contributed by atoms with E-state index >= 15 is 0 Å². The van der Waals surface area contributed by atoms with Gasteiger partial charge in [-0.15, -0.1) is 0 Å². The molecule has 1 atom stereocenters. The van der Waals surface area contributed by atoms with Crippen LogP contribution in [0.5, 0.6) is 0 Å². The number of aliphatic carboxylic acids is 1. The molecule has 2 amide bonds. The third-order valence-electron chi connectivity index (χ3n) is 6.44. The number of alkyl carbamates (subject to hydrolysis) is 1. The average molecular weight is 478 g/mol. The van der Waals surface area contributed by atoms with Gasteiger partial charge in [-0.2, -0.15) is 0 Å². The van der Waals surface area contributed by atoms with Crippen molar-refractivity contribution in [3.05, 3.63) is 71.8 Å². The molecule has 35 heavy (non-hydrogen) atoms. The van der Waals surface area contributed by atoms with Crippen molar-refractivity contribution in [1.29, 1.82) is 0 Å².